The van der Waals surface area contributed by atoms with Crippen molar-refractivity contribution < 1.29 is 13.2 Å². The molecule has 0 heterocycles. The van der Waals surface area contributed by atoms with Gasteiger partial charge in [0.2, 0.25) is 0 Å². The Balaban J connectivity index is 2.79. The fourth-order valence-corrected chi connectivity index (χ4v) is 2.71. The van der Waals surface area contributed by atoms with Crippen LogP contribution in [-0.4, -0.2) is 31.7 Å². The molecule has 106 valence electrons. The molecular formula is C14H21NO3S. The second kappa shape index (κ2) is 6.82. The first kappa shape index (κ1) is 15.9. The van der Waals surface area contributed by atoms with Crippen molar-refractivity contribution in [1.82, 2.24) is 0 Å². The number of benzene rings is 1. The van der Waals surface area contributed by atoms with Crippen LogP contribution in [0.4, 0.5) is 0 Å². The van der Waals surface area contributed by atoms with Gasteiger partial charge in [-0.2, -0.15) is 0 Å². The summed E-state index contributed by atoms with van der Waals surface area (Å²) >= 11 is 0. The Morgan fingerprint density at radius 1 is 1.26 bits per heavy atom. The Bertz CT molecular complexity index is 535. The number of hydrogen-bond donors (Lipinski definition) is 1. The van der Waals surface area contributed by atoms with Gasteiger partial charge in [-0.25, -0.2) is 8.42 Å². The first-order chi connectivity index (χ1) is 8.88. The van der Waals surface area contributed by atoms with E-state index < -0.39 is 15.1 Å². The summed E-state index contributed by atoms with van der Waals surface area (Å²) in [6, 6.07) is 7.23. The SMILES string of the molecule is CC(C)S(=O)(=O)CCC(=O)c1ccccc1CCN. The van der Waals surface area contributed by atoms with E-state index in [0.717, 1.165) is 5.56 Å². The monoisotopic (exact) mass is 283 g/mol. The highest BCUT2D eigenvalue weighted by Gasteiger charge is 2.19. The van der Waals surface area contributed by atoms with Crippen LogP contribution in [-0.2, 0) is 16.3 Å². The maximum Gasteiger partial charge on any atom is 0.164 e. The van der Waals surface area contributed by atoms with Gasteiger partial charge in [0, 0.05) is 12.0 Å². The predicted octanol–water partition coefficient (Wildman–Crippen LogP) is 1.58. The lowest BCUT2D eigenvalue weighted by molar-refractivity contribution is 0.0988. The largest absolute Gasteiger partial charge is 0.330 e. The third kappa shape index (κ3) is 4.44. The second-order valence-corrected chi connectivity index (χ2v) is 7.46. The van der Waals surface area contributed by atoms with Gasteiger partial charge >= 0.3 is 0 Å². The quantitative estimate of drug-likeness (QED) is 0.771. The molecule has 0 aliphatic rings. The summed E-state index contributed by atoms with van der Waals surface area (Å²) in [5.74, 6) is -0.228. The topological polar surface area (TPSA) is 77.2 Å². The molecule has 4 nitrogen and oxygen atoms in total. The van der Waals surface area contributed by atoms with E-state index in [4.69, 9.17) is 5.73 Å². The van der Waals surface area contributed by atoms with Crippen molar-refractivity contribution in [2.45, 2.75) is 31.9 Å². The molecule has 1 rings (SSSR count). The molecule has 0 saturated heterocycles. The van der Waals surface area contributed by atoms with E-state index in [0.29, 0.717) is 18.5 Å². The third-order valence-electron chi connectivity index (χ3n) is 3.06. The van der Waals surface area contributed by atoms with Crippen LogP contribution in [0.3, 0.4) is 0 Å². The number of carbonyl (C=O) groups excluding carboxylic acids is 1. The molecular weight excluding hydrogens is 262 g/mol. The number of ketones is 1. The van der Waals surface area contributed by atoms with Crippen LogP contribution in [0.5, 0.6) is 0 Å². The Morgan fingerprint density at radius 3 is 2.47 bits per heavy atom. The van der Waals surface area contributed by atoms with Crippen molar-refractivity contribution in [3.8, 4) is 0 Å². The average molecular weight is 283 g/mol. The molecule has 0 amide bonds. The lowest BCUT2D eigenvalue weighted by atomic mass is 10.00. The van der Waals surface area contributed by atoms with Gasteiger partial charge in [0.1, 0.15) is 0 Å². The minimum Gasteiger partial charge on any atom is -0.330 e. The second-order valence-electron chi connectivity index (χ2n) is 4.78. The Kier molecular flexibility index (Phi) is 5.69. The van der Waals surface area contributed by atoms with Crippen LogP contribution in [0.2, 0.25) is 0 Å². The van der Waals surface area contributed by atoms with Crippen LogP contribution in [0.15, 0.2) is 24.3 Å². The zero-order valence-corrected chi connectivity index (χ0v) is 12.2. The summed E-state index contributed by atoms with van der Waals surface area (Å²) < 4.78 is 23.4. The molecule has 19 heavy (non-hydrogen) atoms. The number of Topliss-reactive ketones (excluding diaryl/α,β-unsaturated/α-hetero) is 1. The molecule has 0 atom stereocenters. The van der Waals surface area contributed by atoms with E-state index in [1.807, 2.05) is 12.1 Å². The molecule has 2 N–H and O–H groups in total. The van der Waals surface area contributed by atoms with Gasteiger partial charge in [-0.1, -0.05) is 24.3 Å². The maximum atomic E-state index is 12.1. The molecule has 0 aliphatic heterocycles. The number of hydrogen-bond acceptors (Lipinski definition) is 4. The Morgan fingerprint density at radius 2 is 1.89 bits per heavy atom. The van der Waals surface area contributed by atoms with Gasteiger partial charge in [0.05, 0.1) is 11.0 Å². The molecule has 0 bridgehead atoms. The molecule has 0 radical (unpaired) electrons. The summed E-state index contributed by atoms with van der Waals surface area (Å²) in [5, 5.41) is -0.445. The molecule has 0 saturated carbocycles. The number of rotatable bonds is 7. The highest BCUT2D eigenvalue weighted by Crippen LogP contribution is 2.13. The van der Waals surface area contributed by atoms with Gasteiger partial charge in [-0.3, -0.25) is 4.79 Å². The van der Waals surface area contributed by atoms with Gasteiger partial charge in [-0.05, 0) is 32.4 Å². The molecule has 0 fully saturated rings. The van der Waals surface area contributed by atoms with Gasteiger partial charge in [0.25, 0.3) is 0 Å². The molecule has 0 spiro atoms. The number of sulfone groups is 1. The van der Waals surface area contributed by atoms with E-state index in [1.165, 1.54) is 0 Å². The third-order valence-corrected chi connectivity index (χ3v) is 5.27. The maximum absolute atomic E-state index is 12.1. The van der Waals surface area contributed by atoms with Crippen LogP contribution in [0, 0.1) is 0 Å². The average Bonchev–Trinajstić information content (AvgIpc) is 2.37. The summed E-state index contributed by atoms with van der Waals surface area (Å²) in [7, 11) is -3.17. The van der Waals surface area contributed by atoms with Crippen molar-refractivity contribution in [2.24, 2.45) is 5.73 Å². The smallest absolute Gasteiger partial charge is 0.164 e. The lowest BCUT2D eigenvalue weighted by Gasteiger charge is -2.09. The van der Waals surface area contributed by atoms with Crippen molar-refractivity contribution in [3.05, 3.63) is 35.4 Å². The lowest BCUT2D eigenvalue weighted by Crippen LogP contribution is -2.20. The zero-order chi connectivity index (χ0) is 14.5. The summed E-state index contributed by atoms with van der Waals surface area (Å²) in [6.07, 6.45) is 0.654. The minimum atomic E-state index is -3.17. The van der Waals surface area contributed by atoms with E-state index in [9.17, 15) is 13.2 Å². The van der Waals surface area contributed by atoms with E-state index >= 15 is 0 Å². The first-order valence-electron chi connectivity index (χ1n) is 6.41. The van der Waals surface area contributed by atoms with E-state index in [2.05, 4.69) is 0 Å². The van der Waals surface area contributed by atoms with E-state index in [1.54, 1.807) is 26.0 Å². The predicted molar refractivity (Wildman–Crippen MR) is 77.1 cm³/mol. The minimum absolute atomic E-state index is 0.0299. The molecule has 1 aromatic rings. The van der Waals surface area contributed by atoms with Gasteiger partial charge in [-0.15, -0.1) is 0 Å². The van der Waals surface area contributed by atoms with Crippen molar-refractivity contribution in [1.29, 1.82) is 0 Å². The number of nitrogens with two attached hydrogens (primary N) is 1. The van der Waals surface area contributed by atoms with Crippen LogP contribution in [0.25, 0.3) is 0 Å². The first-order valence-corrected chi connectivity index (χ1v) is 8.12. The molecule has 0 unspecified atom stereocenters. The zero-order valence-electron chi connectivity index (χ0n) is 11.4. The number of carbonyl (C=O) groups is 1. The van der Waals surface area contributed by atoms with Crippen LogP contribution in [0.1, 0.15) is 36.2 Å². The molecule has 0 aromatic heterocycles. The summed E-state index contributed by atoms with van der Waals surface area (Å²) in [5.41, 5.74) is 6.98. The fraction of sp³-hybridized carbons (Fsp3) is 0.500. The van der Waals surface area contributed by atoms with Crippen molar-refractivity contribution in [2.75, 3.05) is 12.3 Å². The normalized spacial score (nSPS) is 11.8. The van der Waals surface area contributed by atoms with Crippen molar-refractivity contribution >= 4 is 15.6 Å². The van der Waals surface area contributed by atoms with Crippen LogP contribution < -0.4 is 5.73 Å². The van der Waals surface area contributed by atoms with Gasteiger partial charge < -0.3 is 5.73 Å². The fourth-order valence-electron chi connectivity index (χ4n) is 1.77. The highest BCUT2D eigenvalue weighted by molar-refractivity contribution is 7.91. The molecule has 0 aliphatic carbocycles. The molecule has 1 aromatic carbocycles. The molecule has 5 heteroatoms. The Hall–Kier alpha value is -1.20. The summed E-state index contributed by atoms with van der Waals surface area (Å²) in [6.45, 7) is 3.72. The highest BCUT2D eigenvalue weighted by atomic mass is 32.2. The van der Waals surface area contributed by atoms with E-state index in [-0.39, 0.29) is 18.0 Å². The van der Waals surface area contributed by atoms with Crippen molar-refractivity contribution in [3.63, 3.8) is 0 Å². The summed E-state index contributed by atoms with van der Waals surface area (Å²) in [4.78, 5) is 12.1. The standard InChI is InChI=1S/C14H21NO3S/c1-11(2)19(17,18)10-8-14(16)13-6-4-3-5-12(13)7-9-15/h3-6,11H,7-10,15H2,1-2H3. The van der Waals surface area contributed by atoms with Crippen LogP contribution >= 0.6 is 0 Å². The van der Waals surface area contributed by atoms with Gasteiger partial charge in [0.15, 0.2) is 15.6 Å². The Labute approximate surface area is 114 Å².